The van der Waals surface area contributed by atoms with Crippen molar-refractivity contribution in [2.24, 2.45) is 0 Å². The zero-order chi connectivity index (χ0) is 29.3. The van der Waals surface area contributed by atoms with Crippen LogP contribution >= 0.6 is 23.2 Å². The molecule has 0 bridgehead atoms. The van der Waals surface area contributed by atoms with Crippen molar-refractivity contribution in [3.63, 3.8) is 0 Å². The molecule has 8 nitrogen and oxygen atoms in total. The minimum atomic E-state index is -3.87. The lowest BCUT2D eigenvalue weighted by Crippen LogP contribution is -2.52. The van der Waals surface area contributed by atoms with E-state index in [9.17, 15) is 18.0 Å². The Morgan fingerprint density at radius 1 is 0.950 bits per heavy atom. The molecule has 0 heterocycles. The average Bonchev–Trinajstić information content (AvgIpc) is 2.92. The van der Waals surface area contributed by atoms with Crippen LogP contribution < -0.4 is 14.4 Å². The van der Waals surface area contributed by atoms with Gasteiger partial charge in [0.05, 0.1) is 11.9 Å². The van der Waals surface area contributed by atoms with E-state index in [2.05, 4.69) is 5.32 Å². The summed E-state index contributed by atoms with van der Waals surface area (Å²) in [6.45, 7) is 3.65. The summed E-state index contributed by atoms with van der Waals surface area (Å²) >= 11 is 12.4. The van der Waals surface area contributed by atoms with Crippen molar-refractivity contribution in [2.45, 2.75) is 39.3 Å². The van der Waals surface area contributed by atoms with E-state index in [0.29, 0.717) is 40.1 Å². The Morgan fingerprint density at radius 3 is 2.17 bits per heavy atom. The van der Waals surface area contributed by atoms with Gasteiger partial charge in [0, 0.05) is 23.1 Å². The molecular weight excluding hydrogens is 573 g/mol. The highest BCUT2D eigenvalue weighted by Crippen LogP contribution is 2.27. The van der Waals surface area contributed by atoms with Crippen molar-refractivity contribution in [1.29, 1.82) is 0 Å². The summed E-state index contributed by atoms with van der Waals surface area (Å²) in [6, 6.07) is 19.6. The molecule has 0 saturated heterocycles. The number of hydrogen-bond acceptors (Lipinski definition) is 5. The van der Waals surface area contributed by atoms with Gasteiger partial charge in [0.1, 0.15) is 24.1 Å². The molecule has 0 aliphatic carbocycles. The van der Waals surface area contributed by atoms with Gasteiger partial charge >= 0.3 is 0 Å². The van der Waals surface area contributed by atoms with Crippen LogP contribution in [-0.4, -0.2) is 50.5 Å². The molecule has 0 aliphatic rings. The van der Waals surface area contributed by atoms with Crippen LogP contribution in [0.2, 0.25) is 10.0 Å². The number of ether oxygens (including phenoxy) is 1. The van der Waals surface area contributed by atoms with Gasteiger partial charge < -0.3 is 15.0 Å². The third-order valence-corrected chi connectivity index (χ3v) is 7.80. The standard InChI is InChI=1S/C29H33Cl2N3O5S/c1-4-17-32-29(36)27(5-2)33(19-21-11-12-22(30)18-26(21)31)28(35)20-34(40(3,37)38)23-13-15-25(16-14-23)39-24-9-7-6-8-10-24/h6-16,18,27H,4-5,17,19-20H2,1-3H3,(H,32,36). The first-order valence-electron chi connectivity index (χ1n) is 12.8. The van der Waals surface area contributed by atoms with Crippen molar-refractivity contribution in [2.75, 3.05) is 23.7 Å². The van der Waals surface area contributed by atoms with Gasteiger partial charge in [-0.15, -0.1) is 0 Å². The molecule has 3 aromatic rings. The molecule has 0 saturated carbocycles. The summed E-state index contributed by atoms with van der Waals surface area (Å²) in [6.07, 6.45) is 2.07. The fourth-order valence-corrected chi connectivity index (χ4v) is 5.36. The minimum absolute atomic E-state index is 0.00561. The Morgan fingerprint density at radius 2 is 1.60 bits per heavy atom. The number of amides is 2. The van der Waals surface area contributed by atoms with Gasteiger partial charge in [0.15, 0.2) is 0 Å². The quantitative estimate of drug-likeness (QED) is 0.262. The van der Waals surface area contributed by atoms with E-state index in [0.717, 1.165) is 17.0 Å². The van der Waals surface area contributed by atoms with Crippen molar-refractivity contribution in [1.82, 2.24) is 10.2 Å². The number of nitrogens with zero attached hydrogens (tertiary/aromatic N) is 2. The summed E-state index contributed by atoms with van der Waals surface area (Å²) in [5.74, 6) is 0.261. The monoisotopic (exact) mass is 605 g/mol. The third kappa shape index (κ3) is 8.61. The highest BCUT2D eigenvalue weighted by molar-refractivity contribution is 7.92. The normalized spacial score (nSPS) is 11.9. The molecule has 0 radical (unpaired) electrons. The lowest BCUT2D eigenvalue weighted by molar-refractivity contribution is -0.140. The molecule has 0 aromatic heterocycles. The second-order valence-corrected chi connectivity index (χ2v) is 11.9. The molecule has 11 heteroatoms. The fraction of sp³-hybridized carbons (Fsp3) is 0.310. The number of hydrogen-bond donors (Lipinski definition) is 1. The smallest absolute Gasteiger partial charge is 0.244 e. The van der Waals surface area contributed by atoms with Crippen LogP contribution in [0, 0.1) is 0 Å². The maximum absolute atomic E-state index is 13.8. The molecule has 1 N–H and O–H groups in total. The van der Waals surface area contributed by atoms with Crippen molar-refractivity contribution >= 4 is 50.7 Å². The molecule has 3 rings (SSSR count). The molecular formula is C29H33Cl2N3O5S. The number of carbonyl (C=O) groups is 2. The number of nitrogens with one attached hydrogen (secondary N) is 1. The summed E-state index contributed by atoms with van der Waals surface area (Å²) in [7, 11) is -3.87. The van der Waals surface area contributed by atoms with E-state index < -0.39 is 28.5 Å². The number of halogens is 2. The summed E-state index contributed by atoms with van der Waals surface area (Å²) in [5, 5.41) is 3.61. The van der Waals surface area contributed by atoms with E-state index >= 15 is 0 Å². The van der Waals surface area contributed by atoms with Crippen molar-refractivity contribution < 1.29 is 22.7 Å². The molecule has 3 aromatic carbocycles. The minimum Gasteiger partial charge on any atom is -0.457 e. The first kappa shape index (κ1) is 31.3. The first-order valence-corrected chi connectivity index (χ1v) is 15.5. The Bertz CT molecular complexity index is 1400. The van der Waals surface area contributed by atoms with Crippen LogP contribution in [-0.2, 0) is 26.2 Å². The van der Waals surface area contributed by atoms with Crippen LogP contribution in [0.5, 0.6) is 11.5 Å². The number of para-hydroxylation sites is 1. The van der Waals surface area contributed by atoms with Crippen LogP contribution in [0.25, 0.3) is 0 Å². The van der Waals surface area contributed by atoms with Gasteiger partial charge in [-0.3, -0.25) is 13.9 Å². The lowest BCUT2D eigenvalue weighted by atomic mass is 10.1. The summed E-state index contributed by atoms with van der Waals surface area (Å²) < 4.78 is 32.5. The highest BCUT2D eigenvalue weighted by atomic mass is 35.5. The topological polar surface area (TPSA) is 96.0 Å². The molecule has 1 atom stereocenters. The predicted octanol–water partition coefficient (Wildman–Crippen LogP) is 5.89. The largest absolute Gasteiger partial charge is 0.457 e. The average molecular weight is 607 g/mol. The SMILES string of the molecule is CCCNC(=O)C(CC)N(Cc1ccc(Cl)cc1Cl)C(=O)CN(c1ccc(Oc2ccccc2)cc1)S(C)(=O)=O. The molecule has 214 valence electrons. The van der Waals surface area contributed by atoms with Crippen molar-refractivity contribution in [3.8, 4) is 11.5 Å². The number of sulfonamides is 1. The summed E-state index contributed by atoms with van der Waals surface area (Å²) in [4.78, 5) is 28.2. The molecule has 0 aliphatic heterocycles. The first-order chi connectivity index (χ1) is 19.0. The number of carbonyl (C=O) groups excluding carboxylic acids is 2. The number of benzene rings is 3. The van der Waals surface area contributed by atoms with E-state index in [4.69, 9.17) is 27.9 Å². The van der Waals surface area contributed by atoms with Crippen molar-refractivity contribution in [3.05, 3.63) is 88.4 Å². The van der Waals surface area contributed by atoms with E-state index in [1.807, 2.05) is 25.1 Å². The third-order valence-electron chi connectivity index (χ3n) is 6.07. The molecule has 40 heavy (non-hydrogen) atoms. The zero-order valence-electron chi connectivity index (χ0n) is 22.6. The van der Waals surface area contributed by atoms with Gasteiger partial charge in [0.2, 0.25) is 21.8 Å². The van der Waals surface area contributed by atoms with E-state index in [1.165, 1.54) is 4.90 Å². The van der Waals surface area contributed by atoms with Crippen LogP contribution in [0.4, 0.5) is 5.69 Å². The van der Waals surface area contributed by atoms with Crippen LogP contribution in [0.3, 0.4) is 0 Å². The zero-order valence-corrected chi connectivity index (χ0v) is 25.0. The predicted molar refractivity (Wildman–Crippen MR) is 160 cm³/mol. The van der Waals surface area contributed by atoms with Gasteiger partial charge in [-0.05, 0) is 66.9 Å². The molecule has 1 unspecified atom stereocenters. The fourth-order valence-electron chi connectivity index (χ4n) is 4.04. The van der Waals surface area contributed by atoms with E-state index in [-0.39, 0.29) is 18.1 Å². The lowest BCUT2D eigenvalue weighted by Gasteiger charge is -2.33. The second-order valence-electron chi connectivity index (χ2n) is 9.15. The Balaban J connectivity index is 1.91. The molecule has 2 amide bonds. The van der Waals surface area contributed by atoms with Crippen LogP contribution in [0.1, 0.15) is 32.3 Å². The summed E-state index contributed by atoms with van der Waals surface area (Å²) in [5.41, 5.74) is 0.860. The van der Waals surface area contributed by atoms with Gasteiger partial charge in [-0.25, -0.2) is 8.42 Å². The Kier molecular flexibility index (Phi) is 11.2. The molecule has 0 fully saturated rings. The Hall–Kier alpha value is -3.27. The van der Waals surface area contributed by atoms with Crippen LogP contribution in [0.15, 0.2) is 72.8 Å². The molecule has 0 spiro atoms. The number of rotatable bonds is 13. The number of anilines is 1. The van der Waals surface area contributed by atoms with E-state index in [1.54, 1.807) is 61.5 Å². The van der Waals surface area contributed by atoms with Gasteiger partial charge in [0.25, 0.3) is 0 Å². The maximum Gasteiger partial charge on any atom is 0.244 e. The highest BCUT2D eigenvalue weighted by Gasteiger charge is 2.32. The Labute approximate surface area is 245 Å². The maximum atomic E-state index is 13.8. The van der Waals surface area contributed by atoms with Gasteiger partial charge in [-0.2, -0.15) is 0 Å². The van der Waals surface area contributed by atoms with Gasteiger partial charge in [-0.1, -0.05) is 61.3 Å². The second kappa shape index (κ2) is 14.4.